The second-order valence-electron chi connectivity index (χ2n) is 8.34. The van der Waals surface area contributed by atoms with Crippen LogP contribution in [-0.4, -0.2) is 38.3 Å². The molecule has 0 spiro atoms. The molecule has 1 aliphatic heterocycles. The second-order valence-corrected chi connectivity index (χ2v) is 10.1. The Hall–Kier alpha value is -3.85. The average molecular weight is 476 g/mol. The van der Waals surface area contributed by atoms with E-state index >= 15 is 0 Å². The Morgan fingerprint density at radius 1 is 1.12 bits per heavy atom. The van der Waals surface area contributed by atoms with Crippen molar-refractivity contribution in [3.63, 3.8) is 0 Å². The van der Waals surface area contributed by atoms with E-state index in [1.54, 1.807) is 19.4 Å². The molecule has 0 amide bonds. The molecule has 4 aromatic rings. The summed E-state index contributed by atoms with van der Waals surface area (Å²) in [5.41, 5.74) is 12.2. The molecule has 5 rings (SSSR count). The number of sulfonamides is 1. The minimum Gasteiger partial charge on any atom is -0.496 e. The van der Waals surface area contributed by atoms with Gasteiger partial charge < -0.3 is 15.4 Å². The van der Waals surface area contributed by atoms with Crippen LogP contribution < -0.4 is 20.1 Å². The number of pyridine rings is 2. The third-order valence-electron chi connectivity index (χ3n) is 5.97. The van der Waals surface area contributed by atoms with Crippen molar-refractivity contribution in [2.75, 3.05) is 35.3 Å². The zero-order valence-electron chi connectivity index (χ0n) is 18.9. The lowest BCUT2D eigenvalue weighted by Crippen LogP contribution is -2.31. The molecule has 34 heavy (non-hydrogen) atoms. The van der Waals surface area contributed by atoms with Crippen molar-refractivity contribution in [3.8, 4) is 17.0 Å². The number of aromatic nitrogens is 2. The smallest absolute Gasteiger partial charge is 0.229 e. The van der Waals surface area contributed by atoms with Gasteiger partial charge in [0.15, 0.2) is 0 Å². The minimum atomic E-state index is -3.35. The van der Waals surface area contributed by atoms with Crippen LogP contribution >= 0.6 is 0 Å². The van der Waals surface area contributed by atoms with Crippen LogP contribution in [0, 0.1) is 0 Å². The number of ether oxygens (including phenoxy) is 1. The quantitative estimate of drug-likeness (QED) is 0.451. The molecule has 3 heterocycles. The van der Waals surface area contributed by atoms with Crippen molar-refractivity contribution in [1.29, 1.82) is 0 Å². The van der Waals surface area contributed by atoms with Crippen LogP contribution in [0.2, 0.25) is 0 Å². The summed E-state index contributed by atoms with van der Waals surface area (Å²) >= 11 is 0. The molecular weight excluding hydrogens is 450 g/mol. The topological polar surface area (TPSA) is 110 Å². The van der Waals surface area contributed by atoms with Gasteiger partial charge in [-0.25, -0.2) is 13.4 Å². The molecule has 0 bridgehead atoms. The Bertz CT molecular complexity index is 1490. The molecule has 3 N–H and O–H groups in total. The van der Waals surface area contributed by atoms with E-state index in [0.29, 0.717) is 36.6 Å². The molecule has 2 aromatic carbocycles. The Balaban J connectivity index is 1.52. The van der Waals surface area contributed by atoms with Crippen LogP contribution in [0.3, 0.4) is 0 Å². The van der Waals surface area contributed by atoms with Gasteiger partial charge in [0.1, 0.15) is 11.6 Å². The zero-order chi connectivity index (χ0) is 23.9. The Labute approximate surface area is 198 Å². The van der Waals surface area contributed by atoms with E-state index < -0.39 is 10.0 Å². The summed E-state index contributed by atoms with van der Waals surface area (Å²) in [6, 6.07) is 17.2. The van der Waals surface area contributed by atoms with Crippen molar-refractivity contribution in [2.45, 2.75) is 13.0 Å². The minimum absolute atomic E-state index is 0.607. The van der Waals surface area contributed by atoms with Gasteiger partial charge in [0, 0.05) is 48.1 Å². The summed E-state index contributed by atoms with van der Waals surface area (Å²) in [6.07, 6.45) is 3.60. The molecule has 0 fully saturated rings. The van der Waals surface area contributed by atoms with Gasteiger partial charge in [-0.1, -0.05) is 18.2 Å². The highest BCUT2D eigenvalue weighted by molar-refractivity contribution is 7.92. The standard InChI is InChI=1S/C25H25N5O3S/c1-33-24-14-23-18(12-19(24)21-7-3-4-10-27-21)20(26)13-25(28-23)30-11-9-17-16(15-30)6-5-8-22(17)29-34(2,31)32/h3-8,10,12-14,29H,9,11,15H2,1-2H3,(H2,26,28). The van der Waals surface area contributed by atoms with Crippen LogP contribution in [0.1, 0.15) is 11.1 Å². The molecule has 174 valence electrons. The molecule has 2 aromatic heterocycles. The number of methoxy groups -OCH3 is 1. The average Bonchev–Trinajstić information content (AvgIpc) is 2.82. The fourth-order valence-electron chi connectivity index (χ4n) is 4.42. The number of hydrogen-bond acceptors (Lipinski definition) is 7. The summed E-state index contributed by atoms with van der Waals surface area (Å²) in [6.45, 7) is 1.30. The van der Waals surface area contributed by atoms with Crippen molar-refractivity contribution in [1.82, 2.24) is 9.97 Å². The van der Waals surface area contributed by atoms with E-state index in [2.05, 4.69) is 14.6 Å². The van der Waals surface area contributed by atoms with E-state index in [1.165, 1.54) is 0 Å². The maximum absolute atomic E-state index is 11.7. The first-order valence-electron chi connectivity index (χ1n) is 10.9. The number of fused-ring (bicyclic) bond motifs is 2. The van der Waals surface area contributed by atoms with E-state index in [9.17, 15) is 8.42 Å². The third kappa shape index (κ3) is 4.22. The van der Waals surface area contributed by atoms with Crippen LogP contribution in [0.4, 0.5) is 17.2 Å². The predicted octanol–water partition coefficient (Wildman–Crippen LogP) is 3.82. The highest BCUT2D eigenvalue weighted by atomic mass is 32.2. The number of nitrogen functional groups attached to an aromatic ring is 1. The summed E-state index contributed by atoms with van der Waals surface area (Å²) in [4.78, 5) is 11.5. The number of nitrogens with two attached hydrogens (primary N) is 1. The lowest BCUT2D eigenvalue weighted by molar-refractivity contribution is 0.417. The summed E-state index contributed by atoms with van der Waals surface area (Å²) in [5, 5.41) is 0.835. The highest BCUT2D eigenvalue weighted by Gasteiger charge is 2.22. The number of benzene rings is 2. The number of anilines is 3. The normalized spacial score (nSPS) is 13.5. The molecular formula is C25H25N5O3S. The molecule has 1 aliphatic rings. The summed E-state index contributed by atoms with van der Waals surface area (Å²) in [5.74, 6) is 1.44. The SMILES string of the molecule is COc1cc2nc(N3CCc4c(cccc4NS(C)(=O)=O)C3)cc(N)c2cc1-c1ccccn1. The van der Waals surface area contributed by atoms with Crippen LogP contribution in [0.5, 0.6) is 5.75 Å². The van der Waals surface area contributed by atoms with Crippen molar-refractivity contribution >= 4 is 38.1 Å². The molecule has 0 saturated carbocycles. The first-order chi connectivity index (χ1) is 16.3. The molecule has 0 aliphatic carbocycles. The van der Waals surface area contributed by atoms with E-state index in [-0.39, 0.29) is 0 Å². The fourth-order valence-corrected chi connectivity index (χ4v) is 5.01. The van der Waals surface area contributed by atoms with Crippen molar-refractivity contribution < 1.29 is 13.2 Å². The molecule has 0 unspecified atom stereocenters. The maximum Gasteiger partial charge on any atom is 0.229 e. The lowest BCUT2D eigenvalue weighted by Gasteiger charge is -2.31. The molecule has 0 atom stereocenters. The molecule has 9 heteroatoms. The summed E-state index contributed by atoms with van der Waals surface area (Å²) in [7, 11) is -1.72. The van der Waals surface area contributed by atoms with Gasteiger partial charge in [-0.05, 0) is 41.8 Å². The van der Waals surface area contributed by atoms with Gasteiger partial charge in [-0.3, -0.25) is 9.71 Å². The number of hydrogen-bond donors (Lipinski definition) is 2. The van der Waals surface area contributed by atoms with Crippen LogP contribution in [0.15, 0.2) is 60.8 Å². The second kappa shape index (κ2) is 8.49. The Morgan fingerprint density at radius 3 is 2.71 bits per heavy atom. The zero-order valence-corrected chi connectivity index (χ0v) is 19.8. The van der Waals surface area contributed by atoms with Crippen LogP contribution in [-0.2, 0) is 23.0 Å². The van der Waals surface area contributed by atoms with Gasteiger partial charge in [-0.15, -0.1) is 0 Å². The Kier molecular flexibility index (Phi) is 5.49. The lowest BCUT2D eigenvalue weighted by atomic mass is 9.98. The van der Waals surface area contributed by atoms with Gasteiger partial charge in [0.2, 0.25) is 10.0 Å². The van der Waals surface area contributed by atoms with Gasteiger partial charge in [0.05, 0.1) is 30.3 Å². The van der Waals surface area contributed by atoms with Crippen molar-refractivity contribution in [3.05, 3.63) is 71.9 Å². The van der Waals surface area contributed by atoms with E-state index in [1.807, 2.05) is 48.5 Å². The van der Waals surface area contributed by atoms with Crippen LogP contribution in [0.25, 0.3) is 22.2 Å². The molecule has 0 radical (unpaired) electrons. The molecule has 8 nitrogen and oxygen atoms in total. The largest absolute Gasteiger partial charge is 0.496 e. The first-order valence-corrected chi connectivity index (χ1v) is 12.7. The first kappa shape index (κ1) is 22.0. The van der Waals surface area contributed by atoms with Gasteiger partial charge in [0.25, 0.3) is 0 Å². The fraction of sp³-hybridized carbons (Fsp3) is 0.200. The third-order valence-corrected chi connectivity index (χ3v) is 6.57. The van der Waals surface area contributed by atoms with E-state index in [4.69, 9.17) is 15.5 Å². The number of rotatable bonds is 5. The monoisotopic (exact) mass is 475 g/mol. The van der Waals surface area contributed by atoms with Gasteiger partial charge >= 0.3 is 0 Å². The molecule has 0 saturated heterocycles. The van der Waals surface area contributed by atoms with E-state index in [0.717, 1.165) is 45.4 Å². The maximum atomic E-state index is 11.7. The Morgan fingerprint density at radius 2 is 1.97 bits per heavy atom. The predicted molar refractivity (Wildman–Crippen MR) is 136 cm³/mol. The number of nitrogens with zero attached hydrogens (tertiary/aromatic N) is 3. The summed E-state index contributed by atoms with van der Waals surface area (Å²) < 4.78 is 31.8. The number of nitrogens with one attached hydrogen (secondary N) is 1. The van der Waals surface area contributed by atoms with Crippen molar-refractivity contribution in [2.24, 2.45) is 0 Å². The highest BCUT2D eigenvalue weighted by Crippen LogP contribution is 2.37. The van der Waals surface area contributed by atoms with Gasteiger partial charge in [-0.2, -0.15) is 0 Å².